The summed E-state index contributed by atoms with van der Waals surface area (Å²) in [5.41, 5.74) is 8.45. The second-order valence-corrected chi connectivity index (χ2v) is 9.83. The maximum Gasteiger partial charge on any atom is 0.305 e. The minimum atomic E-state index is -0.467. The van der Waals surface area contributed by atoms with Crippen molar-refractivity contribution in [3.05, 3.63) is 64.9 Å². The topological polar surface area (TPSA) is 80.6 Å². The molecule has 2 aromatic carbocycles. The molecule has 0 spiro atoms. The Labute approximate surface area is 198 Å². The second-order valence-electron chi connectivity index (χ2n) is 8.54. The van der Waals surface area contributed by atoms with Crippen LogP contribution in [-0.4, -0.2) is 23.7 Å². The fourth-order valence-electron chi connectivity index (χ4n) is 4.08. The summed E-state index contributed by atoms with van der Waals surface area (Å²) in [5, 5.41) is 1.56. The summed E-state index contributed by atoms with van der Waals surface area (Å²) in [6.45, 7) is 3.68. The van der Waals surface area contributed by atoms with Crippen molar-refractivity contribution >= 4 is 34.5 Å². The van der Waals surface area contributed by atoms with Gasteiger partial charge in [0.2, 0.25) is 0 Å². The maximum absolute atomic E-state index is 12.9. The van der Waals surface area contributed by atoms with Crippen LogP contribution in [0.4, 0.5) is 0 Å². The van der Waals surface area contributed by atoms with Crippen LogP contribution in [0.5, 0.6) is 5.75 Å². The molecule has 4 rings (SSSR count). The van der Waals surface area contributed by atoms with Crippen LogP contribution < -0.4 is 15.6 Å². The summed E-state index contributed by atoms with van der Waals surface area (Å²) < 4.78 is 11.5. The van der Waals surface area contributed by atoms with E-state index in [9.17, 15) is 9.59 Å². The van der Waals surface area contributed by atoms with Crippen molar-refractivity contribution in [2.24, 2.45) is 0 Å². The number of carbonyl (C=O) groups is 2. The quantitative estimate of drug-likeness (QED) is 0.452. The first kappa shape index (κ1) is 23.2. The molecule has 1 heterocycles. The molecule has 0 radical (unpaired) electrons. The minimum absolute atomic E-state index is 0.199. The van der Waals surface area contributed by atoms with Gasteiger partial charge in [0, 0.05) is 22.0 Å². The van der Waals surface area contributed by atoms with Gasteiger partial charge in [-0.2, -0.15) is 11.8 Å². The first-order valence-electron chi connectivity index (χ1n) is 11.4. The molecule has 0 saturated heterocycles. The zero-order valence-electron chi connectivity index (χ0n) is 19.1. The van der Waals surface area contributed by atoms with Crippen LogP contribution in [0, 0.1) is 13.8 Å². The van der Waals surface area contributed by atoms with E-state index in [4.69, 9.17) is 9.15 Å². The van der Waals surface area contributed by atoms with Crippen LogP contribution in [0.25, 0.3) is 11.0 Å². The third-order valence-corrected chi connectivity index (χ3v) is 7.34. The van der Waals surface area contributed by atoms with Gasteiger partial charge in [0.25, 0.3) is 5.91 Å². The zero-order chi connectivity index (χ0) is 23.2. The Kier molecular flexibility index (Phi) is 7.60. The Hall–Kier alpha value is -2.93. The zero-order valence-corrected chi connectivity index (χ0v) is 19.9. The Morgan fingerprint density at radius 2 is 1.85 bits per heavy atom. The van der Waals surface area contributed by atoms with Crippen molar-refractivity contribution < 1.29 is 18.7 Å². The number of benzene rings is 2. The van der Waals surface area contributed by atoms with Crippen molar-refractivity contribution in [3.8, 4) is 5.75 Å². The smallest absolute Gasteiger partial charge is 0.305 e. The van der Waals surface area contributed by atoms with Crippen molar-refractivity contribution in [3.63, 3.8) is 0 Å². The third-order valence-electron chi connectivity index (χ3n) is 5.94. The molecule has 3 aromatic rings. The normalized spacial score (nSPS) is 14.2. The molecular formula is C26H30N2O4S. The van der Waals surface area contributed by atoms with E-state index in [-0.39, 0.29) is 12.4 Å². The number of hydrogen-bond acceptors (Lipinski definition) is 5. The standard InChI is InChI=1S/C26H30N2O4S/c1-17-12-13-18(2)23(14-17)31-15-24(29)27-28-26(30)25-21(16-33-19-8-4-3-5-9-19)20-10-6-7-11-22(20)32-25/h6-7,10-14,19H,3-5,8-9,15-16H2,1-2H3,(H,27,29)(H,28,30). The summed E-state index contributed by atoms with van der Waals surface area (Å²) in [6.07, 6.45) is 6.30. The largest absolute Gasteiger partial charge is 0.483 e. The lowest BCUT2D eigenvalue weighted by Crippen LogP contribution is -2.44. The number of amides is 2. The highest BCUT2D eigenvalue weighted by atomic mass is 32.2. The Morgan fingerprint density at radius 3 is 2.67 bits per heavy atom. The van der Waals surface area contributed by atoms with Gasteiger partial charge in [-0.25, -0.2) is 0 Å². The molecule has 1 saturated carbocycles. The fourth-order valence-corrected chi connectivity index (χ4v) is 5.44. The maximum atomic E-state index is 12.9. The van der Waals surface area contributed by atoms with Gasteiger partial charge in [0.1, 0.15) is 11.3 Å². The number of carbonyl (C=O) groups excluding carboxylic acids is 2. The minimum Gasteiger partial charge on any atom is -0.483 e. The predicted octanol–water partition coefficient (Wildman–Crippen LogP) is 5.46. The number of ether oxygens (including phenoxy) is 1. The summed E-state index contributed by atoms with van der Waals surface area (Å²) in [6, 6.07) is 13.5. The van der Waals surface area contributed by atoms with Gasteiger partial charge in [-0.3, -0.25) is 20.4 Å². The van der Waals surface area contributed by atoms with Gasteiger partial charge >= 0.3 is 5.91 Å². The van der Waals surface area contributed by atoms with E-state index >= 15 is 0 Å². The molecule has 7 heteroatoms. The van der Waals surface area contributed by atoms with E-state index < -0.39 is 11.8 Å². The van der Waals surface area contributed by atoms with E-state index in [1.165, 1.54) is 32.1 Å². The van der Waals surface area contributed by atoms with E-state index in [2.05, 4.69) is 10.9 Å². The summed E-state index contributed by atoms with van der Waals surface area (Å²) >= 11 is 1.89. The molecule has 33 heavy (non-hydrogen) atoms. The molecule has 0 unspecified atom stereocenters. The SMILES string of the molecule is Cc1ccc(C)c(OCC(=O)NNC(=O)c2oc3ccccc3c2CSC2CCCCC2)c1. The molecule has 0 bridgehead atoms. The Balaban J connectivity index is 1.38. The van der Waals surface area contributed by atoms with Crippen LogP contribution in [0.3, 0.4) is 0 Å². The summed E-state index contributed by atoms with van der Waals surface area (Å²) in [4.78, 5) is 25.1. The summed E-state index contributed by atoms with van der Waals surface area (Å²) in [7, 11) is 0. The fraction of sp³-hybridized carbons (Fsp3) is 0.385. The van der Waals surface area contributed by atoms with Crippen molar-refractivity contribution in [2.75, 3.05) is 6.61 Å². The van der Waals surface area contributed by atoms with Crippen molar-refractivity contribution in [1.29, 1.82) is 0 Å². The van der Waals surface area contributed by atoms with Crippen LogP contribution in [0.15, 0.2) is 46.9 Å². The first-order chi connectivity index (χ1) is 16.0. The number of hydrazine groups is 1. The second kappa shape index (κ2) is 10.8. The Morgan fingerprint density at radius 1 is 1.06 bits per heavy atom. The number of thioether (sulfide) groups is 1. The van der Waals surface area contributed by atoms with Crippen LogP contribution in [0.1, 0.15) is 59.3 Å². The van der Waals surface area contributed by atoms with Crippen LogP contribution >= 0.6 is 11.8 Å². The van der Waals surface area contributed by atoms with Gasteiger partial charge in [0.15, 0.2) is 12.4 Å². The van der Waals surface area contributed by atoms with Crippen LogP contribution in [-0.2, 0) is 10.5 Å². The molecule has 1 aromatic heterocycles. The molecule has 1 aliphatic rings. The highest BCUT2D eigenvalue weighted by Gasteiger charge is 2.23. The molecular weight excluding hydrogens is 436 g/mol. The summed E-state index contributed by atoms with van der Waals surface area (Å²) in [5.74, 6) is 0.684. The molecule has 2 N–H and O–H groups in total. The number of furan rings is 1. The number of rotatable bonds is 7. The van der Waals surface area contributed by atoms with Gasteiger partial charge in [-0.1, -0.05) is 49.6 Å². The lowest BCUT2D eigenvalue weighted by atomic mass is 10.0. The Bertz CT molecular complexity index is 1130. The average Bonchev–Trinajstić information content (AvgIpc) is 3.21. The lowest BCUT2D eigenvalue weighted by Gasteiger charge is -2.20. The lowest BCUT2D eigenvalue weighted by molar-refractivity contribution is -0.123. The molecule has 1 aliphatic carbocycles. The number of hydrogen-bond donors (Lipinski definition) is 2. The van der Waals surface area contributed by atoms with E-state index in [0.29, 0.717) is 22.3 Å². The molecule has 174 valence electrons. The highest BCUT2D eigenvalue weighted by Crippen LogP contribution is 2.35. The van der Waals surface area contributed by atoms with Gasteiger partial charge in [0.05, 0.1) is 0 Å². The van der Waals surface area contributed by atoms with Gasteiger partial charge in [-0.15, -0.1) is 0 Å². The van der Waals surface area contributed by atoms with Crippen LogP contribution in [0.2, 0.25) is 0 Å². The molecule has 2 amide bonds. The third kappa shape index (κ3) is 5.90. The predicted molar refractivity (Wildman–Crippen MR) is 131 cm³/mol. The van der Waals surface area contributed by atoms with Gasteiger partial charge < -0.3 is 9.15 Å². The highest BCUT2D eigenvalue weighted by molar-refractivity contribution is 7.99. The average molecular weight is 467 g/mol. The van der Waals surface area contributed by atoms with Crippen molar-refractivity contribution in [2.45, 2.75) is 57.0 Å². The number of aryl methyl sites for hydroxylation is 2. The molecule has 0 atom stereocenters. The number of nitrogens with one attached hydrogen (secondary N) is 2. The van der Waals surface area contributed by atoms with Crippen molar-refractivity contribution in [1.82, 2.24) is 10.9 Å². The number of para-hydroxylation sites is 1. The first-order valence-corrected chi connectivity index (χ1v) is 12.5. The van der Waals surface area contributed by atoms with E-state index in [0.717, 1.165) is 22.1 Å². The molecule has 1 fully saturated rings. The van der Waals surface area contributed by atoms with Gasteiger partial charge in [-0.05, 0) is 49.9 Å². The van der Waals surface area contributed by atoms with E-state index in [1.54, 1.807) is 0 Å². The monoisotopic (exact) mass is 466 g/mol. The molecule has 6 nitrogen and oxygen atoms in total. The molecule has 0 aliphatic heterocycles. The number of fused-ring (bicyclic) bond motifs is 1. The van der Waals surface area contributed by atoms with E-state index in [1.807, 2.05) is 68.1 Å².